The van der Waals surface area contributed by atoms with Gasteiger partial charge in [0.25, 0.3) is 0 Å². The van der Waals surface area contributed by atoms with Crippen LogP contribution < -0.4 is 0 Å². The molecule has 0 fully saturated rings. The fraction of sp³-hybridized carbons (Fsp3) is 0.300. The van der Waals surface area contributed by atoms with Crippen LogP contribution in [0.5, 0.6) is 0 Å². The molecule has 1 aromatic rings. The second-order valence-corrected chi connectivity index (χ2v) is 3.08. The summed E-state index contributed by atoms with van der Waals surface area (Å²) in [4.78, 5) is 4.27. The van der Waals surface area contributed by atoms with E-state index in [4.69, 9.17) is 4.42 Å². The summed E-state index contributed by atoms with van der Waals surface area (Å²) in [5, 5.41) is 0. The number of aryl methyl sites for hydroxylation is 1. The molecule has 0 radical (unpaired) electrons. The zero-order chi connectivity index (χ0) is 8.55. The molecule has 0 aromatic carbocycles. The third kappa shape index (κ3) is 1.20. The van der Waals surface area contributed by atoms with Crippen molar-refractivity contribution in [1.82, 2.24) is 4.98 Å². The number of hydrogen-bond acceptors (Lipinski definition) is 2. The lowest BCUT2D eigenvalue weighted by Crippen LogP contribution is -1.76. The van der Waals surface area contributed by atoms with Crippen molar-refractivity contribution in [3.05, 3.63) is 29.0 Å². The molecule has 0 spiro atoms. The molecule has 2 heteroatoms. The monoisotopic (exact) mass is 161 g/mol. The average Bonchev–Trinajstić information content (AvgIpc) is 2.23. The number of rotatable bonds is 0. The van der Waals surface area contributed by atoms with Gasteiger partial charge in [0.2, 0.25) is 0 Å². The molecule has 1 aromatic heterocycles. The zero-order valence-electron chi connectivity index (χ0n) is 7.29. The van der Waals surface area contributed by atoms with Crippen LogP contribution in [0.1, 0.15) is 30.7 Å². The Morgan fingerprint density at radius 2 is 2.25 bits per heavy atom. The van der Waals surface area contributed by atoms with Gasteiger partial charge in [-0.15, -0.1) is 0 Å². The molecule has 1 aliphatic rings. The largest absolute Gasteiger partial charge is 0.441 e. The normalized spacial score (nSPS) is 15.3. The van der Waals surface area contributed by atoms with Crippen LogP contribution in [0.25, 0.3) is 12.2 Å². The lowest BCUT2D eigenvalue weighted by molar-refractivity contribution is 0.513. The molecule has 0 amide bonds. The van der Waals surface area contributed by atoms with Crippen molar-refractivity contribution in [1.29, 1.82) is 0 Å². The summed E-state index contributed by atoms with van der Waals surface area (Å²) in [5.74, 6) is 1.61. The highest BCUT2D eigenvalue weighted by Gasteiger charge is 2.07. The molecular weight excluding hydrogens is 150 g/mol. The van der Waals surface area contributed by atoms with Crippen molar-refractivity contribution in [2.45, 2.75) is 20.3 Å². The molecule has 1 aliphatic carbocycles. The van der Waals surface area contributed by atoms with Crippen LogP contribution in [-0.4, -0.2) is 4.98 Å². The van der Waals surface area contributed by atoms with Crippen LogP contribution >= 0.6 is 0 Å². The van der Waals surface area contributed by atoms with Crippen LogP contribution in [0, 0.1) is 6.92 Å². The van der Waals surface area contributed by atoms with Crippen LogP contribution in [0.3, 0.4) is 0 Å². The van der Waals surface area contributed by atoms with Gasteiger partial charge in [-0.1, -0.05) is 11.6 Å². The highest BCUT2D eigenvalue weighted by molar-refractivity contribution is 5.62. The fourth-order valence-electron chi connectivity index (χ4n) is 1.33. The number of nitrogens with zero attached hydrogens (tertiary/aromatic N) is 1. The van der Waals surface area contributed by atoms with Gasteiger partial charge in [-0.3, -0.25) is 0 Å². The molecule has 0 unspecified atom stereocenters. The summed E-state index contributed by atoms with van der Waals surface area (Å²) >= 11 is 0. The number of aromatic nitrogens is 1. The number of oxazole rings is 1. The van der Waals surface area contributed by atoms with Gasteiger partial charge < -0.3 is 4.42 Å². The molecule has 0 bridgehead atoms. The predicted molar refractivity (Wildman–Crippen MR) is 48.5 cm³/mol. The zero-order valence-corrected chi connectivity index (χ0v) is 7.29. The van der Waals surface area contributed by atoms with Gasteiger partial charge in [0.15, 0.2) is 11.7 Å². The van der Waals surface area contributed by atoms with Crippen molar-refractivity contribution < 1.29 is 4.42 Å². The molecule has 0 saturated heterocycles. The summed E-state index contributed by atoms with van der Waals surface area (Å²) in [7, 11) is 0. The minimum Gasteiger partial charge on any atom is -0.441 e. The summed E-state index contributed by atoms with van der Waals surface area (Å²) in [5.41, 5.74) is 2.28. The molecule has 1 heterocycles. The molecule has 12 heavy (non-hydrogen) atoms. The first-order valence-corrected chi connectivity index (χ1v) is 4.07. The standard InChI is InChI=1S/C10H11NO/c1-7-4-3-5-10-9(6-7)11-8(2)12-10/h3,5-6H,4H2,1-2H3. The maximum atomic E-state index is 5.39. The van der Waals surface area contributed by atoms with Gasteiger partial charge in [0.1, 0.15) is 5.69 Å². The molecule has 0 saturated carbocycles. The van der Waals surface area contributed by atoms with Gasteiger partial charge in [-0.2, -0.15) is 0 Å². The van der Waals surface area contributed by atoms with Crippen LogP contribution in [0.2, 0.25) is 0 Å². The van der Waals surface area contributed by atoms with Crippen LogP contribution in [0.4, 0.5) is 0 Å². The third-order valence-corrected chi connectivity index (χ3v) is 1.88. The number of hydrogen-bond donors (Lipinski definition) is 0. The Bertz CT molecular complexity index is 358. The Morgan fingerprint density at radius 1 is 1.42 bits per heavy atom. The van der Waals surface area contributed by atoms with Crippen molar-refractivity contribution in [3.8, 4) is 0 Å². The molecular formula is C10H11NO. The van der Waals surface area contributed by atoms with E-state index in [2.05, 4.69) is 24.1 Å². The highest BCUT2D eigenvalue weighted by Crippen LogP contribution is 2.20. The first kappa shape index (κ1) is 7.35. The second kappa shape index (κ2) is 2.63. The van der Waals surface area contributed by atoms with E-state index in [0.29, 0.717) is 0 Å². The van der Waals surface area contributed by atoms with Gasteiger partial charge >= 0.3 is 0 Å². The molecule has 2 rings (SSSR count). The van der Waals surface area contributed by atoms with E-state index in [1.54, 1.807) is 0 Å². The van der Waals surface area contributed by atoms with Crippen LogP contribution in [-0.2, 0) is 0 Å². The lowest BCUT2D eigenvalue weighted by Gasteiger charge is -1.88. The quantitative estimate of drug-likeness (QED) is 0.584. The van der Waals surface area contributed by atoms with Crippen molar-refractivity contribution >= 4 is 12.2 Å². The fourth-order valence-corrected chi connectivity index (χ4v) is 1.33. The first-order chi connectivity index (χ1) is 5.75. The maximum Gasteiger partial charge on any atom is 0.192 e. The summed E-state index contributed by atoms with van der Waals surface area (Å²) < 4.78 is 5.39. The van der Waals surface area contributed by atoms with E-state index in [0.717, 1.165) is 23.8 Å². The summed E-state index contributed by atoms with van der Waals surface area (Å²) in [6.07, 6.45) is 7.15. The third-order valence-electron chi connectivity index (χ3n) is 1.88. The van der Waals surface area contributed by atoms with Crippen molar-refractivity contribution in [3.63, 3.8) is 0 Å². The first-order valence-electron chi connectivity index (χ1n) is 4.07. The van der Waals surface area contributed by atoms with E-state index >= 15 is 0 Å². The minimum absolute atomic E-state index is 0.732. The molecule has 2 nitrogen and oxygen atoms in total. The topological polar surface area (TPSA) is 26.0 Å². The van der Waals surface area contributed by atoms with Gasteiger partial charge in [0.05, 0.1) is 0 Å². The van der Waals surface area contributed by atoms with Gasteiger partial charge in [0, 0.05) is 6.92 Å². The van der Waals surface area contributed by atoms with Crippen LogP contribution in [0.15, 0.2) is 16.1 Å². The van der Waals surface area contributed by atoms with Crippen molar-refractivity contribution in [2.75, 3.05) is 0 Å². The van der Waals surface area contributed by atoms with Gasteiger partial charge in [-0.05, 0) is 25.5 Å². The molecule has 0 atom stereocenters. The minimum atomic E-state index is 0.732. The molecule has 0 N–H and O–H groups in total. The maximum absolute atomic E-state index is 5.39. The number of allylic oxidation sites excluding steroid dienone is 2. The Labute approximate surface area is 71.6 Å². The molecule has 62 valence electrons. The molecule has 0 aliphatic heterocycles. The highest BCUT2D eigenvalue weighted by atomic mass is 16.4. The SMILES string of the molecule is CC1=Cc2nc(C)oc2C=CC1. The van der Waals surface area contributed by atoms with E-state index in [9.17, 15) is 0 Å². The second-order valence-electron chi connectivity index (χ2n) is 3.08. The number of fused-ring (bicyclic) bond motifs is 1. The summed E-state index contributed by atoms with van der Waals surface area (Å²) in [6.45, 7) is 3.97. The van der Waals surface area contributed by atoms with E-state index in [1.807, 2.05) is 13.0 Å². The van der Waals surface area contributed by atoms with E-state index < -0.39 is 0 Å². The smallest absolute Gasteiger partial charge is 0.192 e. The Morgan fingerprint density at radius 3 is 3.08 bits per heavy atom. The van der Waals surface area contributed by atoms with Gasteiger partial charge in [-0.25, -0.2) is 4.98 Å². The van der Waals surface area contributed by atoms with E-state index in [-0.39, 0.29) is 0 Å². The van der Waals surface area contributed by atoms with E-state index in [1.165, 1.54) is 5.57 Å². The summed E-state index contributed by atoms with van der Waals surface area (Å²) in [6, 6.07) is 0. The Hall–Kier alpha value is -1.31. The Kier molecular flexibility index (Phi) is 1.61. The van der Waals surface area contributed by atoms with Crippen molar-refractivity contribution in [2.24, 2.45) is 0 Å². The predicted octanol–water partition coefficient (Wildman–Crippen LogP) is 2.80. The average molecular weight is 161 g/mol. The Balaban J connectivity index is 2.56. The lowest BCUT2D eigenvalue weighted by atomic mass is 10.2.